The van der Waals surface area contributed by atoms with Crippen molar-refractivity contribution in [2.45, 2.75) is 31.8 Å². The molecule has 2 aliphatic heterocycles. The van der Waals surface area contributed by atoms with Crippen molar-refractivity contribution in [3.05, 3.63) is 17.0 Å². The molecule has 2 unspecified atom stereocenters. The monoisotopic (exact) mass is 296 g/mol. The summed E-state index contributed by atoms with van der Waals surface area (Å²) in [5.41, 5.74) is 0. The van der Waals surface area contributed by atoms with Crippen LogP contribution in [0.4, 0.5) is 5.82 Å². The zero-order chi connectivity index (χ0) is 11.8. The molecule has 2 atom stereocenters. The lowest BCUT2D eigenvalue weighted by Crippen LogP contribution is -2.55. The van der Waals surface area contributed by atoms with Gasteiger partial charge in [-0.2, -0.15) is 0 Å². The van der Waals surface area contributed by atoms with Gasteiger partial charge in [-0.05, 0) is 42.2 Å². The summed E-state index contributed by atoms with van der Waals surface area (Å²) >= 11 is 3.55. The van der Waals surface area contributed by atoms with E-state index < -0.39 is 0 Å². The molecule has 0 amide bonds. The number of halogens is 1. The summed E-state index contributed by atoms with van der Waals surface area (Å²) in [7, 11) is 0. The summed E-state index contributed by atoms with van der Waals surface area (Å²) in [6.45, 7) is 5.80. The fourth-order valence-corrected chi connectivity index (χ4v) is 3.45. The number of nitrogens with zero attached hydrogens (tertiary/aromatic N) is 4. The van der Waals surface area contributed by atoms with Crippen molar-refractivity contribution < 1.29 is 0 Å². The fourth-order valence-electron chi connectivity index (χ4n) is 3.00. The predicted molar refractivity (Wildman–Crippen MR) is 71.1 cm³/mol. The van der Waals surface area contributed by atoms with E-state index in [1.807, 2.05) is 6.20 Å². The second-order valence-corrected chi connectivity index (χ2v) is 5.84. The first kappa shape index (κ1) is 11.4. The van der Waals surface area contributed by atoms with Crippen LogP contribution >= 0.6 is 15.9 Å². The maximum absolute atomic E-state index is 4.42. The summed E-state index contributed by atoms with van der Waals surface area (Å²) in [5.74, 6) is 1.04. The standard InChI is InChI=1S/C12H17BrN4/c1-9-6-16-4-2-3-10(16)7-17(9)12-11(13)5-14-8-15-12/h5,8-10H,2-4,6-7H2,1H3. The molecule has 0 N–H and O–H groups in total. The van der Waals surface area contributed by atoms with Crippen molar-refractivity contribution in [1.82, 2.24) is 14.9 Å². The quantitative estimate of drug-likeness (QED) is 0.792. The Hall–Kier alpha value is -0.680. The van der Waals surface area contributed by atoms with Crippen molar-refractivity contribution in [3.8, 4) is 0 Å². The van der Waals surface area contributed by atoms with Crippen LogP contribution in [0.3, 0.4) is 0 Å². The van der Waals surface area contributed by atoms with Gasteiger partial charge in [-0.1, -0.05) is 0 Å². The van der Waals surface area contributed by atoms with E-state index in [1.54, 1.807) is 6.33 Å². The molecule has 92 valence electrons. The third-order valence-electron chi connectivity index (χ3n) is 3.86. The normalized spacial score (nSPS) is 29.4. The molecule has 0 aromatic carbocycles. The molecular formula is C12H17BrN4. The highest BCUT2D eigenvalue weighted by Gasteiger charge is 2.35. The van der Waals surface area contributed by atoms with Gasteiger partial charge in [0.1, 0.15) is 12.1 Å². The van der Waals surface area contributed by atoms with Gasteiger partial charge in [0.25, 0.3) is 0 Å². The Morgan fingerprint density at radius 3 is 3.12 bits per heavy atom. The van der Waals surface area contributed by atoms with Crippen molar-refractivity contribution in [2.75, 3.05) is 24.5 Å². The van der Waals surface area contributed by atoms with Crippen LogP contribution in [-0.4, -0.2) is 46.6 Å². The van der Waals surface area contributed by atoms with E-state index in [0.717, 1.165) is 23.4 Å². The van der Waals surface area contributed by atoms with Crippen LogP contribution in [0.5, 0.6) is 0 Å². The molecule has 1 aromatic rings. The van der Waals surface area contributed by atoms with E-state index in [9.17, 15) is 0 Å². The Bertz CT molecular complexity index is 411. The minimum atomic E-state index is 0.524. The largest absolute Gasteiger partial charge is 0.350 e. The van der Waals surface area contributed by atoms with Gasteiger partial charge in [0.2, 0.25) is 0 Å². The van der Waals surface area contributed by atoms with Gasteiger partial charge in [0.05, 0.1) is 4.47 Å². The molecule has 17 heavy (non-hydrogen) atoms. The Morgan fingerprint density at radius 1 is 1.41 bits per heavy atom. The second-order valence-electron chi connectivity index (χ2n) is 4.99. The highest BCUT2D eigenvalue weighted by atomic mass is 79.9. The lowest BCUT2D eigenvalue weighted by atomic mass is 10.1. The molecule has 0 saturated carbocycles. The lowest BCUT2D eigenvalue weighted by Gasteiger charge is -2.43. The average Bonchev–Trinajstić information content (AvgIpc) is 2.76. The number of piperazine rings is 1. The maximum Gasteiger partial charge on any atom is 0.146 e. The first-order chi connectivity index (χ1) is 8.25. The van der Waals surface area contributed by atoms with Crippen LogP contribution in [0.25, 0.3) is 0 Å². The highest BCUT2D eigenvalue weighted by Crippen LogP contribution is 2.30. The van der Waals surface area contributed by atoms with Crippen molar-refractivity contribution in [1.29, 1.82) is 0 Å². The van der Waals surface area contributed by atoms with Crippen molar-refractivity contribution in [2.24, 2.45) is 0 Å². The van der Waals surface area contributed by atoms with Crippen LogP contribution in [0.15, 0.2) is 17.0 Å². The summed E-state index contributed by atoms with van der Waals surface area (Å²) in [6.07, 6.45) is 6.13. The summed E-state index contributed by atoms with van der Waals surface area (Å²) < 4.78 is 0.998. The Balaban J connectivity index is 1.85. The van der Waals surface area contributed by atoms with Crippen molar-refractivity contribution >= 4 is 21.7 Å². The molecule has 0 spiro atoms. The molecule has 0 radical (unpaired) electrons. The van der Waals surface area contributed by atoms with Crippen LogP contribution in [0.2, 0.25) is 0 Å². The first-order valence-corrected chi connectivity index (χ1v) is 7.01. The molecule has 1 aromatic heterocycles. The molecule has 0 aliphatic carbocycles. The number of rotatable bonds is 1. The SMILES string of the molecule is CC1CN2CCCC2CN1c1ncncc1Br. The van der Waals surface area contributed by atoms with E-state index in [-0.39, 0.29) is 0 Å². The van der Waals surface area contributed by atoms with E-state index in [1.165, 1.54) is 19.4 Å². The number of aromatic nitrogens is 2. The molecule has 3 heterocycles. The number of hydrogen-bond donors (Lipinski definition) is 0. The van der Waals surface area contributed by atoms with Gasteiger partial charge in [-0.15, -0.1) is 0 Å². The van der Waals surface area contributed by atoms with Crippen LogP contribution in [0, 0.1) is 0 Å². The third kappa shape index (κ3) is 2.06. The molecule has 2 aliphatic rings. The van der Waals surface area contributed by atoms with Gasteiger partial charge < -0.3 is 4.90 Å². The molecule has 2 fully saturated rings. The van der Waals surface area contributed by atoms with Crippen LogP contribution in [0.1, 0.15) is 19.8 Å². The van der Waals surface area contributed by atoms with E-state index in [4.69, 9.17) is 0 Å². The minimum absolute atomic E-state index is 0.524. The van der Waals surface area contributed by atoms with E-state index in [0.29, 0.717) is 12.1 Å². The molecule has 2 saturated heterocycles. The Morgan fingerprint density at radius 2 is 2.29 bits per heavy atom. The van der Waals surface area contributed by atoms with Crippen molar-refractivity contribution in [3.63, 3.8) is 0 Å². The van der Waals surface area contributed by atoms with Gasteiger partial charge >= 0.3 is 0 Å². The average molecular weight is 297 g/mol. The number of fused-ring (bicyclic) bond motifs is 1. The highest BCUT2D eigenvalue weighted by molar-refractivity contribution is 9.10. The van der Waals surface area contributed by atoms with E-state index >= 15 is 0 Å². The Labute approximate surface area is 110 Å². The van der Waals surface area contributed by atoms with Gasteiger partial charge in [0.15, 0.2) is 0 Å². The third-order valence-corrected chi connectivity index (χ3v) is 4.42. The molecule has 0 bridgehead atoms. The second kappa shape index (κ2) is 4.53. The topological polar surface area (TPSA) is 32.3 Å². The molecule has 5 heteroatoms. The number of hydrogen-bond acceptors (Lipinski definition) is 4. The fraction of sp³-hybridized carbons (Fsp3) is 0.667. The van der Waals surface area contributed by atoms with Crippen LogP contribution in [-0.2, 0) is 0 Å². The maximum atomic E-state index is 4.42. The first-order valence-electron chi connectivity index (χ1n) is 6.22. The predicted octanol–water partition coefficient (Wildman–Crippen LogP) is 1.91. The lowest BCUT2D eigenvalue weighted by molar-refractivity contribution is 0.202. The smallest absolute Gasteiger partial charge is 0.146 e. The minimum Gasteiger partial charge on any atom is -0.350 e. The van der Waals surface area contributed by atoms with Gasteiger partial charge in [-0.25, -0.2) is 9.97 Å². The van der Waals surface area contributed by atoms with Crippen LogP contribution < -0.4 is 4.90 Å². The van der Waals surface area contributed by atoms with Gasteiger partial charge in [0, 0.05) is 31.4 Å². The zero-order valence-corrected chi connectivity index (χ0v) is 11.6. The summed E-state index contributed by atoms with van der Waals surface area (Å²) in [5, 5.41) is 0. The molecule has 4 nitrogen and oxygen atoms in total. The zero-order valence-electron chi connectivity index (χ0n) is 10.0. The van der Waals surface area contributed by atoms with E-state index in [2.05, 4.69) is 42.6 Å². The van der Waals surface area contributed by atoms with Gasteiger partial charge in [-0.3, -0.25) is 4.90 Å². The Kier molecular flexibility index (Phi) is 3.04. The molecular weight excluding hydrogens is 280 g/mol. The molecule has 3 rings (SSSR count). The summed E-state index contributed by atoms with van der Waals surface area (Å²) in [6, 6.07) is 1.24. The number of anilines is 1. The summed E-state index contributed by atoms with van der Waals surface area (Å²) in [4.78, 5) is 13.5.